The SMILES string of the molecule is COc1ccc(C(C)N(C)C(=O)CCCCCCN)cc1. The summed E-state index contributed by atoms with van der Waals surface area (Å²) in [5, 5.41) is 0. The van der Waals surface area contributed by atoms with Crippen LogP contribution in [0, 0.1) is 0 Å². The summed E-state index contributed by atoms with van der Waals surface area (Å²) in [6.07, 6.45) is 4.79. The number of carbonyl (C=O) groups excluding carboxylic acids is 1. The predicted octanol–water partition coefficient (Wildman–Crippen LogP) is 3.12. The Hall–Kier alpha value is -1.55. The third kappa shape index (κ3) is 5.76. The molecule has 0 radical (unpaired) electrons. The molecule has 0 heterocycles. The molecule has 0 saturated heterocycles. The topological polar surface area (TPSA) is 55.6 Å². The summed E-state index contributed by atoms with van der Waals surface area (Å²) in [4.78, 5) is 14.0. The van der Waals surface area contributed by atoms with E-state index in [0.717, 1.165) is 43.5 Å². The standard InChI is InChI=1S/C17H28N2O2/c1-14(15-9-11-16(21-3)12-10-15)19(2)17(20)8-6-4-5-7-13-18/h9-12,14H,4-8,13,18H2,1-3H3. The minimum absolute atomic E-state index is 0.0763. The molecule has 0 aliphatic heterocycles. The lowest BCUT2D eigenvalue weighted by Gasteiger charge is -2.25. The van der Waals surface area contributed by atoms with Crippen LogP contribution in [0.4, 0.5) is 0 Å². The lowest BCUT2D eigenvalue weighted by Crippen LogP contribution is -2.29. The van der Waals surface area contributed by atoms with E-state index in [4.69, 9.17) is 10.5 Å². The fourth-order valence-electron chi connectivity index (χ4n) is 2.27. The van der Waals surface area contributed by atoms with Crippen molar-refractivity contribution >= 4 is 5.91 Å². The number of unbranched alkanes of at least 4 members (excludes halogenated alkanes) is 3. The van der Waals surface area contributed by atoms with Crippen LogP contribution in [0.1, 0.15) is 50.6 Å². The van der Waals surface area contributed by atoms with Crippen molar-refractivity contribution < 1.29 is 9.53 Å². The lowest BCUT2D eigenvalue weighted by atomic mass is 10.1. The summed E-state index contributed by atoms with van der Waals surface area (Å²) in [6, 6.07) is 7.95. The third-order valence-electron chi connectivity index (χ3n) is 3.92. The first kappa shape index (κ1) is 17.5. The Morgan fingerprint density at radius 3 is 2.38 bits per heavy atom. The quantitative estimate of drug-likeness (QED) is 0.711. The van der Waals surface area contributed by atoms with Gasteiger partial charge in [0.25, 0.3) is 0 Å². The molecule has 0 aliphatic carbocycles. The largest absolute Gasteiger partial charge is 0.497 e. The number of ether oxygens (including phenoxy) is 1. The van der Waals surface area contributed by atoms with Crippen LogP contribution in [0.3, 0.4) is 0 Å². The Labute approximate surface area is 128 Å². The molecule has 1 aromatic rings. The lowest BCUT2D eigenvalue weighted by molar-refractivity contribution is -0.131. The number of amides is 1. The van der Waals surface area contributed by atoms with Gasteiger partial charge in [-0.1, -0.05) is 25.0 Å². The summed E-state index contributed by atoms with van der Waals surface area (Å²) in [5.74, 6) is 1.03. The zero-order chi connectivity index (χ0) is 15.7. The molecule has 0 fully saturated rings. The van der Waals surface area contributed by atoms with Crippen molar-refractivity contribution in [2.24, 2.45) is 5.73 Å². The molecule has 0 bridgehead atoms. The van der Waals surface area contributed by atoms with E-state index in [9.17, 15) is 4.79 Å². The molecule has 4 heteroatoms. The van der Waals surface area contributed by atoms with Gasteiger partial charge in [-0.05, 0) is 44.0 Å². The first-order valence-electron chi connectivity index (χ1n) is 7.69. The van der Waals surface area contributed by atoms with Crippen molar-refractivity contribution in [3.05, 3.63) is 29.8 Å². The van der Waals surface area contributed by atoms with Crippen molar-refractivity contribution in [1.82, 2.24) is 4.90 Å². The van der Waals surface area contributed by atoms with Gasteiger partial charge in [0.05, 0.1) is 13.2 Å². The van der Waals surface area contributed by atoms with E-state index >= 15 is 0 Å². The highest BCUT2D eigenvalue weighted by Crippen LogP contribution is 2.22. The van der Waals surface area contributed by atoms with Crippen LogP contribution in [0.2, 0.25) is 0 Å². The molecule has 21 heavy (non-hydrogen) atoms. The second-order valence-corrected chi connectivity index (χ2v) is 5.41. The number of nitrogens with two attached hydrogens (primary N) is 1. The Morgan fingerprint density at radius 1 is 1.19 bits per heavy atom. The number of carbonyl (C=O) groups is 1. The molecule has 1 atom stereocenters. The summed E-state index contributed by atoms with van der Waals surface area (Å²) in [7, 11) is 3.52. The molecule has 1 rings (SSSR count). The zero-order valence-corrected chi connectivity index (χ0v) is 13.5. The molecule has 0 aliphatic rings. The number of nitrogens with zero attached hydrogens (tertiary/aromatic N) is 1. The maximum absolute atomic E-state index is 12.2. The van der Waals surface area contributed by atoms with Crippen LogP contribution in [-0.4, -0.2) is 31.5 Å². The van der Waals surface area contributed by atoms with Crippen molar-refractivity contribution in [2.75, 3.05) is 20.7 Å². The fraction of sp³-hybridized carbons (Fsp3) is 0.588. The second kappa shape index (κ2) is 9.40. The van der Waals surface area contributed by atoms with Crippen LogP contribution >= 0.6 is 0 Å². The van der Waals surface area contributed by atoms with Gasteiger partial charge in [-0.2, -0.15) is 0 Å². The molecular formula is C17H28N2O2. The number of rotatable bonds is 9. The molecule has 118 valence electrons. The molecule has 4 nitrogen and oxygen atoms in total. The molecule has 0 spiro atoms. The molecule has 2 N–H and O–H groups in total. The van der Waals surface area contributed by atoms with E-state index in [2.05, 4.69) is 0 Å². The molecule has 1 aromatic carbocycles. The number of hydrogen-bond donors (Lipinski definition) is 1. The van der Waals surface area contributed by atoms with Crippen molar-refractivity contribution in [1.29, 1.82) is 0 Å². The van der Waals surface area contributed by atoms with Crippen molar-refractivity contribution in [2.45, 2.75) is 45.1 Å². The average Bonchev–Trinajstić information content (AvgIpc) is 2.53. The van der Waals surface area contributed by atoms with E-state index in [0.29, 0.717) is 6.42 Å². The van der Waals surface area contributed by atoms with Gasteiger partial charge < -0.3 is 15.4 Å². The van der Waals surface area contributed by atoms with Crippen LogP contribution in [0.5, 0.6) is 5.75 Å². The monoisotopic (exact) mass is 292 g/mol. The van der Waals surface area contributed by atoms with E-state index in [1.165, 1.54) is 0 Å². The number of hydrogen-bond acceptors (Lipinski definition) is 3. The summed E-state index contributed by atoms with van der Waals surface area (Å²) in [5.41, 5.74) is 6.58. The van der Waals surface area contributed by atoms with E-state index in [1.807, 2.05) is 43.1 Å². The van der Waals surface area contributed by atoms with Gasteiger partial charge in [0.1, 0.15) is 5.75 Å². The Kier molecular flexibility index (Phi) is 7.83. The van der Waals surface area contributed by atoms with Crippen LogP contribution < -0.4 is 10.5 Å². The minimum atomic E-state index is 0.0763. The van der Waals surface area contributed by atoms with Crippen LogP contribution in [-0.2, 0) is 4.79 Å². The highest BCUT2D eigenvalue weighted by molar-refractivity contribution is 5.76. The van der Waals surface area contributed by atoms with Crippen molar-refractivity contribution in [3.8, 4) is 5.75 Å². The summed E-state index contributed by atoms with van der Waals surface area (Å²) < 4.78 is 5.15. The van der Waals surface area contributed by atoms with E-state index in [1.54, 1.807) is 7.11 Å². The maximum atomic E-state index is 12.2. The first-order chi connectivity index (χ1) is 10.1. The highest BCUT2D eigenvalue weighted by Gasteiger charge is 2.16. The predicted molar refractivity (Wildman–Crippen MR) is 86.3 cm³/mol. The van der Waals surface area contributed by atoms with Gasteiger partial charge >= 0.3 is 0 Å². The van der Waals surface area contributed by atoms with Crippen LogP contribution in [0.15, 0.2) is 24.3 Å². The zero-order valence-electron chi connectivity index (χ0n) is 13.5. The fourth-order valence-corrected chi connectivity index (χ4v) is 2.27. The van der Waals surface area contributed by atoms with Gasteiger partial charge in [0.15, 0.2) is 0 Å². The highest BCUT2D eigenvalue weighted by atomic mass is 16.5. The van der Waals surface area contributed by atoms with Crippen LogP contribution in [0.25, 0.3) is 0 Å². The van der Waals surface area contributed by atoms with Gasteiger partial charge in [-0.25, -0.2) is 0 Å². The normalized spacial score (nSPS) is 12.0. The van der Waals surface area contributed by atoms with Gasteiger partial charge in [-0.15, -0.1) is 0 Å². The number of benzene rings is 1. The first-order valence-corrected chi connectivity index (χ1v) is 7.69. The molecule has 0 aromatic heterocycles. The van der Waals surface area contributed by atoms with E-state index in [-0.39, 0.29) is 11.9 Å². The number of methoxy groups -OCH3 is 1. The average molecular weight is 292 g/mol. The Balaban J connectivity index is 2.44. The molecule has 1 unspecified atom stereocenters. The van der Waals surface area contributed by atoms with E-state index < -0.39 is 0 Å². The summed E-state index contributed by atoms with van der Waals surface area (Å²) >= 11 is 0. The van der Waals surface area contributed by atoms with Gasteiger partial charge in [0, 0.05) is 13.5 Å². The molecular weight excluding hydrogens is 264 g/mol. The Morgan fingerprint density at radius 2 is 1.81 bits per heavy atom. The Bertz CT molecular complexity index is 417. The molecule has 1 amide bonds. The third-order valence-corrected chi connectivity index (χ3v) is 3.92. The second-order valence-electron chi connectivity index (χ2n) is 5.41. The summed E-state index contributed by atoms with van der Waals surface area (Å²) in [6.45, 7) is 2.79. The molecule has 0 saturated carbocycles. The minimum Gasteiger partial charge on any atom is -0.497 e. The van der Waals surface area contributed by atoms with Gasteiger partial charge in [-0.3, -0.25) is 4.79 Å². The van der Waals surface area contributed by atoms with Gasteiger partial charge in [0.2, 0.25) is 5.91 Å². The van der Waals surface area contributed by atoms with Crippen molar-refractivity contribution in [3.63, 3.8) is 0 Å². The smallest absolute Gasteiger partial charge is 0.222 e. The maximum Gasteiger partial charge on any atom is 0.222 e.